The summed E-state index contributed by atoms with van der Waals surface area (Å²) in [4.78, 5) is 17.2. The third kappa shape index (κ3) is 5.61. The van der Waals surface area contributed by atoms with Crippen LogP contribution in [0.25, 0.3) is 11.0 Å². The molecule has 0 fully saturated rings. The van der Waals surface area contributed by atoms with Crippen molar-refractivity contribution in [1.29, 1.82) is 0 Å². The third-order valence-electron chi connectivity index (χ3n) is 5.09. The van der Waals surface area contributed by atoms with E-state index in [1.54, 1.807) is 24.3 Å². The molecule has 4 aromatic rings. The molecule has 0 radical (unpaired) electrons. The molecule has 1 N–H and O–H groups in total. The van der Waals surface area contributed by atoms with Gasteiger partial charge in [0.2, 0.25) is 0 Å². The minimum atomic E-state index is -0.178. The van der Waals surface area contributed by atoms with Gasteiger partial charge in [-0.3, -0.25) is 4.79 Å². The fourth-order valence-electron chi connectivity index (χ4n) is 3.49. The molecule has 0 aliphatic heterocycles. The third-order valence-corrected chi connectivity index (χ3v) is 5.57. The van der Waals surface area contributed by atoms with Gasteiger partial charge in [0.25, 0.3) is 5.91 Å². The van der Waals surface area contributed by atoms with Gasteiger partial charge in [0.1, 0.15) is 11.6 Å². The Morgan fingerprint density at radius 1 is 0.938 bits per heavy atom. The Hall–Kier alpha value is -3.02. The molecule has 3 aromatic carbocycles. The van der Waals surface area contributed by atoms with Gasteiger partial charge in [-0.2, -0.15) is 0 Å². The molecule has 0 spiro atoms. The molecule has 32 heavy (non-hydrogen) atoms. The van der Waals surface area contributed by atoms with Crippen LogP contribution < -0.4 is 10.1 Å². The molecule has 4 rings (SSSR count). The lowest BCUT2D eigenvalue weighted by Crippen LogP contribution is -2.24. The van der Waals surface area contributed by atoms with Gasteiger partial charge in [-0.05, 0) is 67.4 Å². The Kier molecular flexibility index (Phi) is 7.30. The smallest absolute Gasteiger partial charge is 0.251 e. The molecule has 164 valence electrons. The number of hydrogen-bond acceptors (Lipinski definition) is 3. The minimum absolute atomic E-state index is 0.178. The van der Waals surface area contributed by atoms with E-state index in [9.17, 15) is 4.79 Å². The summed E-state index contributed by atoms with van der Waals surface area (Å²) in [6.45, 7) is 1.74. The molecule has 0 saturated carbocycles. The first kappa shape index (κ1) is 22.2. The maximum absolute atomic E-state index is 12.5. The molecule has 0 atom stereocenters. The first-order valence-electron chi connectivity index (χ1n) is 10.5. The average Bonchev–Trinajstić information content (AvgIpc) is 3.16. The van der Waals surface area contributed by atoms with Crippen LogP contribution in [0.1, 0.15) is 29.0 Å². The molecule has 0 aliphatic rings. The normalized spacial score (nSPS) is 10.9. The van der Waals surface area contributed by atoms with Crippen molar-refractivity contribution in [1.82, 2.24) is 14.9 Å². The van der Waals surface area contributed by atoms with Crippen LogP contribution in [0.3, 0.4) is 0 Å². The van der Waals surface area contributed by atoms with E-state index in [0.717, 1.165) is 42.0 Å². The van der Waals surface area contributed by atoms with E-state index in [4.69, 9.17) is 32.9 Å². The van der Waals surface area contributed by atoms with Gasteiger partial charge >= 0.3 is 0 Å². The van der Waals surface area contributed by atoms with Crippen molar-refractivity contribution < 1.29 is 9.53 Å². The topological polar surface area (TPSA) is 56.2 Å². The second-order valence-corrected chi connectivity index (χ2v) is 8.24. The lowest BCUT2D eigenvalue weighted by atomic mass is 10.2. The van der Waals surface area contributed by atoms with E-state index in [1.165, 1.54) is 0 Å². The molecule has 1 aromatic heterocycles. The highest BCUT2D eigenvalue weighted by Crippen LogP contribution is 2.19. The van der Waals surface area contributed by atoms with Gasteiger partial charge in [-0.1, -0.05) is 41.4 Å². The van der Waals surface area contributed by atoms with E-state index >= 15 is 0 Å². The Labute approximate surface area is 196 Å². The Morgan fingerprint density at radius 3 is 2.56 bits per heavy atom. The first-order valence-corrected chi connectivity index (χ1v) is 11.2. The Balaban J connectivity index is 1.37. The standard InChI is InChI=1S/C25H23Cl2N3O2/c26-19-10-12-21(13-11-19)32-15-4-3-14-30-23-9-2-1-8-22(23)29-24(30)17-28-25(31)18-6-5-7-20(27)16-18/h1-2,5-13,16H,3-4,14-15,17H2,(H,28,31). The fraction of sp³-hybridized carbons (Fsp3) is 0.200. The molecule has 0 bridgehead atoms. The van der Waals surface area contributed by atoms with Gasteiger partial charge in [-0.25, -0.2) is 4.98 Å². The predicted octanol–water partition coefficient (Wildman–Crippen LogP) is 6.13. The van der Waals surface area contributed by atoms with E-state index < -0.39 is 0 Å². The summed E-state index contributed by atoms with van der Waals surface area (Å²) >= 11 is 11.9. The Bertz CT molecular complexity index is 1210. The molecule has 0 unspecified atom stereocenters. The molecule has 1 heterocycles. The van der Waals surface area contributed by atoms with Crippen LogP contribution in [0.4, 0.5) is 0 Å². The SMILES string of the molecule is O=C(NCc1nc2ccccc2n1CCCCOc1ccc(Cl)cc1)c1cccc(Cl)c1. The summed E-state index contributed by atoms with van der Waals surface area (Å²) in [6.07, 6.45) is 1.81. The number of carbonyl (C=O) groups is 1. The largest absolute Gasteiger partial charge is 0.494 e. The molecule has 1 amide bonds. The van der Waals surface area contributed by atoms with Crippen LogP contribution in [0.15, 0.2) is 72.8 Å². The van der Waals surface area contributed by atoms with Crippen LogP contribution in [0.2, 0.25) is 10.0 Å². The summed E-state index contributed by atoms with van der Waals surface area (Å²) in [5.41, 5.74) is 2.49. The number of aromatic nitrogens is 2. The Morgan fingerprint density at radius 2 is 1.75 bits per heavy atom. The van der Waals surface area contributed by atoms with E-state index in [-0.39, 0.29) is 5.91 Å². The number of amides is 1. The number of nitrogens with zero attached hydrogens (tertiary/aromatic N) is 2. The lowest BCUT2D eigenvalue weighted by molar-refractivity contribution is 0.0949. The molecular formula is C25H23Cl2N3O2. The summed E-state index contributed by atoms with van der Waals surface area (Å²) in [5.74, 6) is 1.45. The van der Waals surface area contributed by atoms with Crippen molar-refractivity contribution in [3.8, 4) is 5.75 Å². The summed E-state index contributed by atoms with van der Waals surface area (Å²) in [6, 6.07) is 22.3. The molecule has 0 aliphatic carbocycles. The number of carbonyl (C=O) groups excluding carboxylic acids is 1. The molecule has 5 nitrogen and oxygen atoms in total. The highest BCUT2D eigenvalue weighted by molar-refractivity contribution is 6.31. The van der Waals surface area contributed by atoms with Crippen molar-refractivity contribution in [2.45, 2.75) is 25.9 Å². The number of nitrogens with one attached hydrogen (secondary N) is 1. The van der Waals surface area contributed by atoms with Gasteiger partial charge < -0.3 is 14.6 Å². The fourth-order valence-corrected chi connectivity index (χ4v) is 3.81. The number of hydrogen-bond donors (Lipinski definition) is 1. The lowest BCUT2D eigenvalue weighted by Gasteiger charge is -2.11. The number of para-hydroxylation sites is 2. The zero-order valence-electron chi connectivity index (χ0n) is 17.4. The second kappa shape index (κ2) is 10.5. The van der Waals surface area contributed by atoms with Crippen molar-refractivity contribution in [3.63, 3.8) is 0 Å². The molecule has 7 heteroatoms. The summed E-state index contributed by atoms with van der Waals surface area (Å²) in [7, 11) is 0. The van der Waals surface area contributed by atoms with Gasteiger partial charge in [0.05, 0.1) is 24.2 Å². The van der Waals surface area contributed by atoms with Crippen LogP contribution >= 0.6 is 23.2 Å². The van der Waals surface area contributed by atoms with Crippen LogP contribution in [-0.4, -0.2) is 22.1 Å². The van der Waals surface area contributed by atoms with Crippen LogP contribution in [0, 0.1) is 0 Å². The number of benzene rings is 3. The maximum atomic E-state index is 12.5. The number of fused-ring (bicyclic) bond motifs is 1. The van der Waals surface area contributed by atoms with E-state index in [1.807, 2.05) is 42.5 Å². The zero-order chi connectivity index (χ0) is 22.3. The monoisotopic (exact) mass is 467 g/mol. The van der Waals surface area contributed by atoms with Crippen molar-refractivity contribution >= 4 is 40.1 Å². The van der Waals surface area contributed by atoms with E-state index in [0.29, 0.717) is 28.8 Å². The highest BCUT2D eigenvalue weighted by Gasteiger charge is 2.12. The van der Waals surface area contributed by atoms with Gasteiger partial charge in [0.15, 0.2) is 0 Å². The second-order valence-electron chi connectivity index (χ2n) is 7.37. The molecular weight excluding hydrogens is 445 g/mol. The van der Waals surface area contributed by atoms with Crippen molar-refractivity contribution in [2.24, 2.45) is 0 Å². The summed E-state index contributed by atoms with van der Waals surface area (Å²) in [5, 5.41) is 4.18. The predicted molar refractivity (Wildman–Crippen MR) is 129 cm³/mol. The number of aryl methyl sites for hydroxylation is 1. The van der Waals surface area contributed by atoms with Gasteiger partial charge in [-0.15, -0.1) is 0 Å². The van der Waals surface area contributed by atoms with Crippen LogP contribution in [-0.2, 0) is 13.1 Å². The number of unbranched alkanes of at least 4 members (excludes halogenated alkanes) is 1. The first-order chi connectivity index (χ1) is 15.6. The number of imidazole rings is 1. The van der Waals surface area contributed by atoms with Gasteiger partial charge in [0, 0.05) is 22.2 Å². The van der Waals surface area contributed by atoms with Crippen LogP contribution in [0.5, 0.6) is 5.75 Å². The number of rotatable bonds is 9. The molecule has 0 saturated heterocycles. The minimum Gasteiger partial charge on any atom is -0.494 e. The summed E-state index contributed by atoms with van der Waals surface area (Å²) < 4.78 is 7.95. The average molecular weight is 468 g/mol. The highest BCUT2D eigenvalue weighted by atomic mass is 35.5. The van der Waals surface area contributed by atoms with Crippen molar-refractivity contribution in [3.05, 3.63) is 94.2 Å². The zero-order valence-corrected chi connectivity index (χ0v) is 18.9. The maximum Gasteiger partial charge on any atom is 0.251 e. The number of halogens is 2. The van der Waals surface area contributed by atoms with E-state index in [2.05, 4.69) is 16.0 Å². The van der Waals surface area contributed by atoms with Crippen molar-refractivity contribution in [2.75, 3.05) is 6.61 Å². The quantitative estimate of drug-likeness (QED) is 0.301. The number of ether oxygens (including phenoxy) is 1.